The van der Waals surface area contributed by atoms with Gasteiger partial charge in [0.15, 0.2) is 17.5 Å². The average molecular weight is 626 g/mol. The third-order valence-electron chi connectivity index (χ3n) is 9.46. The monoisotopic (exact) mass is 625 g/mol. The molecule has 4 heteroatoms. The molecule has 2 aromatic heterocycles. The number of hydrogen-bond acceptors (Lipinski definition) is 4. The molecule has 49 heavy (non-hydrogen) atoms. The molecule has 0 saturated carbocycles. The molecule has 8 aromatic carbocycles. The molecule has 4 nitrogen and oxygen atoms in total. The molecular weight excluding hydrogens is 599 g/mol. The number of benzene rings is 8. The standard InChI is InChI=1S/C45H27N3O/c1-2-10-29(11-3-1)37-15-8-13-32-24-35(21-22-38(32)37)45-47-43(33-19-17-28-9-4-5-12-30(28)23-33)46-44(48-45)34-20-18-31-26-40-39-14-6-7-16-41(39)49-42(40)27-36(31)25-34/h1-27H. The molecule has 0 unspecified atom stereocenters. The Morgan fingerprint density at radius 2 is 0.898 bits per heavy atom. The Morgan fingerprint density at radius 1 is 0.306 bits per heavy atom. The first-order chi connectivity index (χ1) is 24.2. The Hall–Kier alpha value is -6.65. The van der Waals surface area contributed by atoms with E-state index in [1.807, 2.05) is 24.3 Å². The van der Waals surface area contributed by atoms with Crippen LogP contribution in [0.1, 0.15) is 0 Å². The van der Waals surface area contributed by atoms with Gasteiger partial charge >= 0.3 is 0 Å². The fraction of sp³-hybridized carbons (Fsp3) is 0. The van der Waals surface area contributed by atoms with Crippen LogP contribution in [-0.2, 0) is 0 Å². The lowest BCUT2D eigenvalue weighted by atomic mass is 9.97. The predicted octanol–water partition coefficient (Wildman–Crippen LogP) is 11.9. The highest BCUT2D eigenvalue weighted by atomic mass is 16.3. The van der Waals surface area contributed by atoms with Crippen LogP contribution in [0.2, 0.25) is 0 Å². The van der Waals surface area contributed by atoms with Crippen molar-refractivity contribution in [2.75, 3.05) is 0 Å². The van der Waals surface area contributed by atoms with Gasteiger partial charge in [-0.15, -0.1) is 0 Å². The van der Waals surface area contributed by atoms with Crippen molar-refractivity contribution in [2.45, 2.75) is 0 Å². The second-order valence-corrected chi connectivity index (χ2v) is 12.5. The quantitative estimate of drug-likeness (QED) is 0.195. The first-order valence-corrected chi connectivity index (χ1v) is 16.4. The zero-order chi connectivity index (χ0) is 32.3. The summed E-state index contributed by atoms with van der Waals surface area (Å²) in [6.07, 6.45) is 0. The van der Waals surface area contributed by atoms with Crippen LogP contribution in [0.4, 0.5) is 0 Å². The summed E-state index contributed by atoms with van der Waals surface area (Å²) in [5.74, 6) is 1.89. The van der Waals surface area contributed by atoms with E-state index in [0.717, 1.165) is 60.2 Å². The average Bonchev–Trinajstić information content (AvgIpc) is 3.53. The normalized spacial score (nSPS) is 11.7. The number of furan rings is 1. The molecule has 0 amide bonds. The van der Waals surface area contributed by atoms with Crippen LogP contribution in [-0.4, -0.2) is 15.0 Å². The predicted molar refractivity (Wildman–Crippen MR) is 201 cm³/mol. The number of aromatic nitrogens is 3. The molecule has 0 aliphatic carbocycles. The van der Waals surface area contributed by atoms with Crippen molar-refractivity contribution in [3.63, 3.8) is 0 Å². The third kappa shape index (κ3) is 4.73. The lowest BCUT2D eigenvalue weighted by Gasteiger charge is -2.11. The van der Waals surface area contributed by atoms with Gasteiger partial charge in [0.2, 0.25) is 0 Å². The molecular formula is C45H27N3O. The molecule has 10 rings (SSSR count). The third-order valence-corrected chi connectivity index (χ3v) is 9.46. The second-order valence-electron chi connectivity index (χ2n) is 12.5. The Kier molecular flexibility index (Phi) is 6.15. The van der Waals surface area contributed by atoms with E-state index in [4.69, 9.17) is 19.4 Å². The number of fused-ring (bicyclic) bond motifs is 6. The van der Waals surface area contributed by atoms with E-state index in [1.165, 1.54) is 21.9 Å². The number of nitrogens with zero attached hydrogens (tertiary/aromatic N) is 3. The van der Waals surface area contributed by atoms with E-state index in [9.17, 15) is 0 Å². The summed E-state index contributed by atoms with van der Waals surface area (Å²) in [6.45, 7) is 0. The van der Waals surface area contributed by atoms with Crippen LogP contribution in [0, 0.1) is 0 Å². The first-order valence-electron chi connectivity index (χ1n) is 16.4. The van der Waals surface area contributed by atoms with Crippen molar-refractivity contribution in [3.05, 3.63) is 164 Å². The maximum Gasteiger partial charge on any atom is 0.164 e. The molecule has 0 N–H and O–H groups in total. The van der Waals surface area contributed by atoms with Crippen molar-refractivity contribution in [1.82, 2.24) is 15.0 Å². The highest BCUT2D eigenvalue weighted by Crippen LogP contribution is 2.35. The Bertz CT molecular complexity index is 2890. The van der Waals surface area contributed by atoms with Gasteiger partial charge in [0.1, 0.15) is 11.2 Å². The van der Waals surface area contributed by atoms with Crippen LogP contribution in [0.25, 0.3) is 99.5 Å². The van der Waals surface area contributed by atoms with Crippen molar-refractivity contribution in [2.24, 2.45) is 0 Å². The second kappa shape index (κ2) is 11.0. The summed E-state index contributed by atoms with van der Waals surface area (Å²) in [6, 6.07) is 57.1. The van der Waals surface area contributed by atoms with E-state index in [-0.39, 0.29) is 0 Å². The van der Waals surface area contributed by atoms with Crippen molar-refractivity contribution in [1.29, 1.82) is 0 Å². The molecule has 0 radical (unpaired) electrons. The van der Waals surface area contributed by atoms with Gasteiger partial charge in [-0.3, -0.25) is 0 Å². The maximum atomic E-state index is 6.23. The van der Waals surface area contributed by atoms with Gasteiger partial charge in [-0.25, -0.2) is 15.0 Å². The molecule has 0 saturated heterocycles. The maximum absolute atomic E-state index is 6.23. The SMILES string of the molecule is c1ccc(-c2cccc3cc(-c4nc(-c5ccc6ccccc6c5)nc(-c5ccc6cc7c(cc6c5)oc5ccccc57)n4)ccc23)cc1. The minimum absolute atomic E-state index is 0.623. The van der Waals surface area contributed by atoms with Gasteiger partial charge in [-0.2, -0.15) is 0 Å². The number of rotatable bonds is 4. The van der Waals surface area contributed by atoms with Gasteiger partial charge in [0, 0.05) is 27.5 Å². The van der Waals surface area contributed by atoms with Crippen LogP contribution < -0.4 is 0 Å². The summed E-state index contributed by atoms with van der Waals surface area (Å²) in [4.78, 5) is 15.3. The van der Waals surface area contributed by atoms with E-state index in [1.54, 1.807) is 0 Å². The van der Waals surface area contributed by atoms with Gasteiger partial charge in [-0.1, -0.05) is 127 Å². The molecule has 0 spiro atoms. The van der Waals surface area contributed by atoms with Gasteiger partial charge < -0.3 is 4.42 Å². The molecule has 10 aromatic rings. The lowest BCUT2D eigenvalue weighted by molar-refractivity contribution is 0.669. The van der Waals surface area contributed by atoms with Crippen LogP contribution in [0.3, 0.4) is 0 Å². The van der Waals surface area contributed by atoms with Gasteiger partial charge in [0.25, 0.3) is 0 Å². The topological polar surface area (TPSA) is 51.8 Å². The fourth-order valence-electron chi connectivity index (χ4n) is 6.99. The number of hydrogen-bond donors (Lipinski definition) is 0. The highest BCUT2D eigenvalue weighted by Gasteiger charge is 2.15. The van der Waals surface area contributed by atoms with Crippen molar-refractivity contribution < 1.29 is 4.42 Å². The van der Waals surface area contributed by atoms with E-state index >= 15 is 0 Å². The van der Waals surface area contributed by atoms with Crippen LogP contribution >= 0.6 is 0 Å². The molecule has 0 atom stereocenters. The Labute approximate surface area is 282 Å². The van der Waals surface area contributed by atoms with Crippen LogP contribution in [0.15, 0.2) is 168 Å². The van der Waals surface area contributed by atoms with E-state index in [2.05, 4.69) is 140 Å². The summed E-state index contributed by atoms with van der Waals surface area (Å²) < 4.78 is 6.23. The molecule has 0 fully saturated rings. The Balaban J connectivity index is 1.15. The molecule has 0 bridgehead atoms. The zero-order valence-corrected chi connectivity index (χ0v) is 26.3. The lowest BCUT2D eigenvalue weighted by Crippen LogP contribution is -2.00. The van der Waals surface area contributed by atoms with E-state index in [0.29, 0.717) is 17.5 Å². The van der Waals surface area contributed by atoms with Crippen LogP contribution in [0.5, 0.6) is 0 Å². The highest BCUT2D eigenvalue weighted by molar-refractivity contribution is 6.10. The largest absolute Gasteiger partial charge is 0.456 e. The molecule has 2 heterocycles. The number of para-hydroxylation sites is 1. The molecule has 0 aliphatic heterocycles. The van der Waals surface area contributed by atoms with Crippen molar-refractivity contribution >= 4 is 54.3 Å². The summed E-state index contributed by atoms with van der Waals surface area (Å²) in [5, 5.41) is 9.08. The smallest absolute Gasteiger partial charge is 0.164 e. The summed E-state index contributed by atoms with van der Waals surface area (Å²) in [7, 11) is 0. The molecule has 228 valence electrons. The summed E-state index contributed by atoms with van der Waals surface area (Å²) in [5.41, 5.74) is 6.95. The minimum atomic E-state index is 0.623. The first kappa shape index (κ1) is 27.5. The zero-order valence-electron chi connectivity index (χ0n) is 26.3. The van der Waals surface area contributed by atoms with E-state index < -0.39 is 0 Å². The van der Waals surface area contributed by atoms with Crippen molar-refractivity contribution in [3.8, 4) is 45.3 Å². The fourth-order valence-corrected chi connectivity index (χ4v) is 6.99. The summed E-state index contributed by atoms with van der Waals surface area (Å²) >= 11 is 0. The minimum Gasteiger partial charge on any atom is -0.456 e. The Morgan fingerprint density at radius 3 is 1.69 bits per heavy atom. The molecule has 0 aliphatic rings. The van der Waals surface area contributed by atoms with Gasteiger partial charge in [0.05, 0.1) is 0 Å². The van der Waals surface area contributed by atoms with Gasteiger partial charge in [-0.05, 0) is 79.8 Å².